The van der Waals surface area contributed by atoms with Crippen LogP contribution >= 0.6 is 11.6 Å². The molecule has 2 unspecified atom stereocenters. The van der Waals surface area contributed by atoms with Crippen LogP contribution in [0.5, 0.6) is 0 Å². The molecule has 1 saturated heterocycles. The minimum Gasteiger partial charge on any atom is -0.396 e. The molecule has 0 saturated carbocycles. The van der Waals surface area contributed by atoms with Gasteiger partial charge >= 0.3 is 0 Å². The van der Waals surface area contributed by atoms with Gasteiger partial charge in [0.1, 0.15) is 0 Å². The van der Waals surface area contributed by atoms with Crippen LogP contribution in [0.1, 0.15) is 30.0 Å². The standard InChI is InChI=1S/C21H25ClN2O2/c22-19-10-8-18(9-11-19)21(17-6-2-1-3-7-17)23-20(26)14-24-12-4-5-16(13-24)15-25/h1-3,6-11,16,21,25H,4-5,12-15H2,(H,23,26). The predicted molar refractivity (Wildman–Crippen MR) is 104 cm³/mol. The van der Waals surface area contributed by atoms with Crippen LogP contribution in [-0.4, -0.2) is 42.2 Å². The van der Waals surface area contributed by atoms with E-state index in [1.165, 1.54) is 0 Å². The summed E-state index contributed by atoms with van der Waals surface area (Å²) in [6.45, 7) is 2.23. The number of likely N-dealkylation sites (tertiary alicyclic amines) is 1. The largest absolute Gasteiger partial charge is 0.396 e. The summed E-state index contributed by atoms with van der Waals surface area (Å²) < 4.78 is 0. The average molecular weight is 373 g/mol. The van der Waals surface area contributed by atoms with Crippen molar-refractivity contribution in [1.29, 1.82) is 0 Å². The lowest BCUT2D eigenvalue weighted by Crippen LogP contribution is -2.44. The molecule has 3 rings (SSSR count). The number of amides is 1. The summed E-state index contributed by atoms with van der Waals surface area (Å²) in [5.74, 6) is 0.269. The molecule has 1 aliphatic heterocycles. The Hall–Kier alpha value is -1.88. The Kier molecular flexibility index (Phi) is 6.67. The van der Waals surface area contributed by atoms with Crippen molar-refractivity contribution >= 4 is 17.5 Å². The molecule has 26 heavy (non-hydrogen) atoms. The molecule has 4 nitrogen and oxygen atoms in total. The number of rotatable bonds is 6. The Balaban J connectivity index is 1.71. The fourth-order valence-corrected chi connectivity index (χ4v) is 3.64. The Morgan fingerprint density at radius 3 is 2.54 bits per heavy atom. The van der Waals surface area contributed by atoms with Crippen LogP contribution in [0.3, 0.4) is 0 Å². The maximum atomic E-state index is 12.7. The first kappa shape index (κ1) is 18.9. The summed E-state index contributed by atoms with van der Waals surface area (Å²) in [4.78, 5) is 14.8. The van der Waals surface area contributed by atoms with E-state index in [2.05, 4.69) is 10.2 Å². The third-order valence-corrected chi connectivity index (χ3v) is 5.12. The number of hydrogen-bond donors (Lipinski definition) is 2. The van der Waals surface area contributed by atoms with Crippen LogP contribution in [-0.2, 0) is 4.79 Å². The van der Waals surface area contributed by atoms with Crippen LogP contribution in [0.25, 0.3) is 0 Å². The summed E-state index contributed by atoms with van der Waals surface area (Å²) in [5.41, 5.74) is 2.04. The van der Waals surface area contributed by atoms with E-state index in [1.54, 1.807) is 0 Å². The Labute approximate surface area is 159 Å². The van der Waals surface area contributed by atoms with Gasteiger partial charge in [-0.05, 0) is 48.6 Å². The van der Waals surface area contributed by atoms with Gasteiger partial charge in [-0.25, -0.2) is 0 Å². The first-order valence-electron chi connectivity index (χ1n) is 9.08. The van der Waals surface area contributed by atoms with Gasteiger partial charge in [0.05, 0.1) is 12.6 Å². The quantitative estimate of drug-likeness (QED) is 0.818. The van der Waals surface area contributed by atoms with E-state index in [0.29, 0.717) is 11.6 Å². The zero-order valence-electron chi connectivity index (χ0n) is 14.8. The van der Waals surface area contributed by atoms with Crippen LogP contribution in [0.4, 0.5) is 0 Å². The highest BCUT2D eigenvalue weighted by Gasteiger charge is 2.23. The maximum Gasteiger partial charge on any atom is 0.234 e. The predicted octanol–water partition coefficient (Wildman–Crippen LogP) is 3.25. The molecule has 0 aromatic heterocycles. The van der Waals surface area contributed by atoms with Gasteiger partial charge in [-0.15, -0.1) is 0 Å². The van der Waals surface area contributed by atoms with Gasteiger partial charge in [-0.1, -0.05) is 54.1 Å². The van der Waals surface area contributed by atoms with Crippen molar-refractivity contribution in [3.63, 3.8) is 0 Å². The van der Waals surface area contributed by atoms with E-state index in [1.807, 2.05) is 54.6 Å². The molecular weight excluding hydrogens is 348 g/mol. The minimum atomic E-state index is -0.209. The summed E-state index contributed by atoms with van der Waals surface area (Å²) >= 11 is 6.01. The SMILES string of the molecule is O=C(CN1CCCC(CO)C1)NC(c1ccccc1)c1ccc(Cl)cc1. The second-order valence-corrected chi connectivity index (χ2v) is 7.33. The van der Waals surface area contributed by atoms with Gasteiger partial charge in [0.25, 0.3) is 0 Å². The van der Waals surface area contributed by atoms with Crippen molar-refractivity contribution < 1.29 is 9.90 Å². The third kappa shape index (κ3) is 5.07. The molecule has 1 amide bonds. The van der Waals surface area contributed by atoms with E-state index in [9.17, 15) is 9.90 Å². The van der Waals surface area contributed by atoms with Crippen molar-refractivity contribution in [2.75, 3.05) is 26.2 Å². The van der Waals surface area contributed by atoms with Gasteiger partial charge < -0.3 is 10.4 Å². The zero-order chi connectivity index (χ0) is 18.4. The first-order valence-corrected chi connectivity index (χ1v) is 9.46. The molecule has 138 valence electrons. The van der Waals surface area contributed by atoms with Crippen molar-refractivity contribution in [2.24, 2.45) is 5.92 Å². The maximum absolute atomic E-state index is 12.7. The molecule has 0 aliphatic carbocycles. The topological polar surface area (TPSA) is 52.6 Å². The molecule has 2 aromatic rings. The first-order chi connectivity index (χ1) is 12.7. The van der Waals surface area contributed by atoms with E-state index >= 15 is 0 Å². The number of carbonyl (C=O) groups is 1. The summed E-state index contributed by atoms with van der Waals surface area (Å²) in [6, 6.07) is 17.3. The van der Waals surface area contributed by atoms with E-state index in [0.717, 1.165) is 37.1 Å². The smallest absolute Gasteiger partial charge is 0.234 e. The highest BCUT2D eigenvalue weighted by atomic mass is 35.5. The van der Waals surface area contributed by atoms with Crippen molar-refractivity contribution in [1.82, 2.24) is 10.2 Å². The molecule has 5 heteroatoms. The fraction of sp³-hybridized carbons (Fsp3) is 0.381. The fourth-order valence-electron chi connectivity index (χ4n) is 3.51. The number of carbonyl (C=O) groups excluding carboxylic acids is 1. The molecule has 0 radical (unpaired) electrons. The summed E-state index contributed by atoms with van der Waals surface area (Å²) in [7, 11) is 0. The number of aliphatic hydroxyl groups is 1. The molecule has 1 heterocycles. The monoisotopic (exact) mass is 372 g/mol. The van der Waals surface area contributed by atoms with E-state index in [-0.39, 0.29) is 24.5 Å². The molecule has 1 aliphatic rings. The number of benzene rings is 2. The zero-order valence-corrected chi connectivity index (χ0v) is 15.5. The van der Waals surface area contributed by atoms with Crippen molar-refractivity contribution in [3.8, 4) is 0 Å². The third-order valence-electron chi connectivity index (χ3n) is 4.87. The minimum absolute atomic E-state index is 0.00704. The molecule has 0 bridgehead atoms. The number of piperidine rings is 1. The van der Waals surface area contributed by atoms with Crippen LogP contribution in [0.15, 0.2) is 54.6 Å². The van der Waals surface area contributed by atoms with Crippen LogP contribution < -0.4 is 5.32 Å². The lowest BCUT2D eigenvalue weighted by Gasteiger charge is -2.31. The highest BCUT2D eigenvalue weighted by molar-refractivity contribution is 6.30. The molecule has 1 fully saturated rings. The van der Waals surface area contributed by atoms with Gasteiger partial charge in [-0.3, -0.25) is 9.69 Å². The molecule has 2 atom stereocenters. The van der Waals surface area contributed by atoms with E-state index < -0.39 is 0 Å². The molecule has 2 aromatic carbocycles. The van der Waals surface area contributed by atoms with Crippen molar-refractivity contribution in [2.45, 2.75) is 18.9 Å². The Bertz CT molecular complexity index is 706. The van der Waals surface area contributed by atoms with Crippen LogP contribution in [0, 0.1) is 5.92 Å². The van der Waals surface area contributed by atoms with E-state index in [4.69, 9.17) is 11.6 Å². The normalized spacial score (nSPS) is 19.1. The summed E-state index contributed by atoms with van der Waals surface area (Å²) in [6.07, 6.45) is 2.06. The average Bonchev–Trinajstić information content (AvgIpc) is 2.68. The van der Waals surface area contributed by atoms with Gasteiger partial charge in [-0.2, -0.15) is 0 Å². The lowest BCUT2D eigenvalue weighted by atomic mass is 9.98. The van der Waals surface area contributed by atoms with Gasteiger partial charge in [0, 0.05) is 18.2 Å². The number of nitrogens with zero attached hydrogens (tertiary/aromatic N) is 1. The van der Waals surface area contributed by atoms with Crippen molar-refractivity contribution in [3.05, 3.63) is 70.7 Å². The lowest BCUT2D eigenvalue weighted by molar-refractivity contribution is -0.123. The summed E-state index contributed by atoms with van der Waals surface area (Å²) in [5, 5.41) is 13.2. The number of aliphatic hydroxyl groups excluding tert-OH is 1. The molecular formula is C21H25ClN2O2. The van der Waals surface area contributed by atoms with Gasteiger partial charge in [0.2, 0.25) is 5.91 Å². The number of nitrogens with one attached hydrogen (secondary N) is 1. The Morgan fingerprint density at radius 2 is 1.85 bits per heavy atom. The second kappa shape index (κ2) is 9.17. The van der Waals surface area contributed by atoms with Gasteiger partial charge in [0.15, 0.2) is 0 Å². The highest BCUT2D eigenvalue weighted by Crippen LogP contribution is 2.24. The molecule has 0 spiro atoms. The number of hydrogen-bond acceptors (Lipinski definition) is 3. The Morgan fingerprint density at radius 1 is 1.15 bits per heavy atom. The van der Waals surface area contributed by atoms with Crippen LogP contribution in [0.2, 0.25) is 5.02 Å². The second-order valence-electron chi connectivity index (χ2n) is 6.89. The molecule has 2 N–H and O–H groups in total. The number of halogens is 1.